The van der Waals surface area contributed by atoms with Crippen LogP contribution in [0.15, 0.2) is 150 Å². The van der Waals surface area contributed by atoms with Crippen molar-refractivity contribution in [2.75, 3.05) is 0 Å². The van der Waals surface area contributed by atoms with Crippen molar-refractivity contribution < 1.29 is 9.31 Å². The summed E-state index contributed by atoms with van der Waals surface area (Å²) in [6.45, 7) is 8.42. The number of halogens is 1. The molecular formula is C50H44BBrN4O2S2. The molecule has 298 valence electrons. The third-order valence-electron chi connectivity index (χ3n) is 11.9. The minimum Gasteiger partial charge on any atom is -0.399 e. The molecule has 6 nitrogen and oxygen atoms in total. The normalized spacial score (nSPS) is 14.6. The van der Waals surface area contributed by atoms with Crippen molar-refractivity contribution in [3.8, 4) is 10.6 Å². The van der Waals surface area contributed by atoms with Crippen molar-refractivity contribution in [1.82, 2.24) is 18.8 Å². The molecule has 0 atom stereocenters. The number of hydrogen-bond acceptors (Lipinski definition) is 6. The first-order chi connectivity index (χ1) is 28.2. The van der Waals surface area contributed by atoms with Gasteiger partial charge in [-0.25, -0.2) is 4.98 Å². The summed E-state index contributed by atoms with van der Waals surface area (Å²) < 4.78 is 19.4. The van der Waals surface area contributed by atoms with E-state index in [1.165, 1.54) is 79.7 Å². The Kier molecular flexibility index (Phi) is 10.0. The zero-order valence-corrected chi connectivity index (χ0v) is 35.5. The Balaban J connectivity index is 0.000000130. The third kappa shape index (κ3) is 6.11. The van der Waals surface area contributed by atoms with Crippen LogP contribution in [-0.4, -0.2) is 37.1 Å². The van der Waals surface area contributed by atoms with E-state index >= 15 is 0 Å². The number of thiophene rings is 2. The van der Waals surface area contributed by atoms with Gasteiger partial charge in [0.1, 0.15) is 14.3 Å². The summed E-state index contributed by atoms with van der Waals surface area (Å²) in [6.07, 6.45) is 3.60. The van der Waals surface area contributed by atoms with Crippen molar-refractivity contribution in [1.29, 1.82) is 0 Å². The molecule has 0 spiro atoms. The fraction of sp³-hybridized carbons (Fsp3) is 0.160. The maximum atomic E-state index is 6.30. The minimum atomic E-state index is -0.322. The average Bonchev–Trinajstić information content (AvgIpc) is 4.09. The molecule has 1 aliphatic rings. The number of fused-ring (bicyclic) bond motifs is 12. The molecule has 0 unspecified atom stereocenters. The number of pyridine rings is 2. The molecule has 4 aromatic carbocycles. The van der Waals surface area contributed by atoms with E-state index in [1.54, 1.807) is 17.5 Å². The van der Waals surface area contributed by atoms with E-state index in [0.717, 1.165) is 15.1 Å². The predicted molar refractivity (Wildman–Crippen MR) is 262 cm³/mol. The lowest BCUT2D eigenvalue weighted by atomic mass is 9.87. The molecule has 1 aliphatic heterocycles. The van der Waals surface area contributed by atoms with Crippen LogP contribution in [0, 0.1) is 0 Å². The van der Waals surface area contributed by atoms with E-state index in [4.69, 9.17) is 9.31 Å². The molecule has 0 radical (unpaired) electrons. The molecule has 9 heterocycles. The van der Waals surface area contributed by atoms with Gasteiger partial charge in [-0.15, -0.1) is 22.7 Å². The highest BCUT2D eigenvalue weighted by molar-refractivity contribution is 9.10. The summed E-state index contributed by atoms with van der Waals surface area (Å²) in [5, 5.41) is 10.5. The quantitative estimate of drug-likeness (QED) is 0.128. The van der Waals surface area contributed by atoms with Crippen LogP contribution < -0.4 is 4.78 Å². The fourth-order valence-electron chi connectivity index (χ4n) is 8.45. The van der Waals surface area contributed by atoms with Crippen LogP contribution in [0.2, 0.25) is 0 Å². The highest BCUT2D eigenvalue weighted by atomic mass is 79.9. The van der Waals surface area contributed by atoms with Gasteiger partial charge in [-0.3, -0.25) is 13.8 Å². The van der Waals surface area contributed by atoms with Gasteiger partial charge < -0.3 is 9.31 Å². The van der Waals surface area contributed by atoms with Gasteiger partial charge in [-0.05, 0) is 92.2 Å². The first kappa shape index (κ1) is 40.1. The summed E-state index contributed by atoms with van der Waals surface area (Å²) in [4.78, 5) is 12.2. The molecule has 0 saturated carbocycles. The van der Waals surface area contributed by atoms with E-state index < -0.39 is 0 Å². The Hall–Kier alpha value is -5.36. The second-order valence-electron chi connectivity index (χ2n) is 15.8. The molecule has 13 rings (SSSR count). The lowest BCUT2D eigenvalue weighted by molar-refractivity contribution is 0.00578. The summed E-state index contributed by atoms with van der Waals surface area (Å²) in [6, 6.07) is 46.9. The number of nitrogens with zero attached hydrogens (tertiary/aromatic N) is 4. The van der Waals surface area contributed by atoms with Crippen molar-refractivity contribution in [3.63, 3.8) is 0 Å². The summed E-state index contributed by atoms with van der Waals surface area (Å²) in [5.41, 5.74) is 5.61. The van der Waals surface area contributed by atoms with Gasteiger partial charge in [0.2, 0.25) is 0 Å². The Labute approximate surface area is 366 Å². The van der Waals surface area contributed by atoms with E-state index in [9.17, 15) is 0 Å². The fourth-order valence-corrected chi connectivity index (χ4v) is 11.0. The Bertz CT molecular complexity index is 3430. The standard InChI is InChI=1S/C22H20BNO2S.C21H12N2S.C5H4BrN.2CH4/c1-21(2)22(3,4)26-23(25-21)18-12-16-15-10-7-9-14-13-8-5-6-11-17(13)24(19(14)15)20(16)27-18;1-2-10-18-13(6-1)14-7-5-8-15-16-12-19(17-9-3-4-11-22-17)24-21(16)23(18)20(14)15;6-5-3-1-2-4-7-5;;/h5-12H,1-4H3;1-12H;1-4H;2*1H4. The second kappa shape index (κ2) is 15.0. The van der Waals surface area contributed by atoms with Gasteiger partial charge in [0.15, 0.2) is 0 Å². The molecule has 60 heavy (non-hydrogen) atoms. The summed E-state index contributed by atoms with van der Waals surface area (Å²) in [5.74, 6) is 0. The molecule has 0 aliphatic carbocycles. The topological polar surface area (TPSA) is 53.1 Å². The van der Waals surface area contributed by atoms with Crippen molar-refractivity contribution in [2.45, 2.75) is 53.8 Å². The monoisotopic (exact) mass is 886 g/mol. The molecule has 0 N–H and O–H groups in total. The van der Waals surface area contributed by atoms with Crippen LogP contribution in [0.4, 0.5) is 0 Å². The summed E-state index contributed by atoms with van der Waals surface area (Å²) >= 11 is 6.81. The first-order valence-corrected chi connectivity index (χ1v) is 21.8. The van der Waals surface area contributed by atoms with Gasteiger partial charge in [-0.1, -0.05) is 99.8 Å². The molecule has 1 fully saturated rings. The first-order valence-electron chi connectivity index (χ1n) is 19.4. The lowest BCUT2D eigenvalue weighted by Crippen LogP contribution is -2.41. The van der Waals surface area contributed by atoms with Crippen molar-refractivity contribution >= 4 is 125 Å². The smallest absolute Gasteiger partial charge is 0.399 e. The zero-order chi connectivity index (χ0) is 39.3. The average molecular weight is 888 g/mol. The number of rotatable bonds is 2. The van der Waals surface area contributed by atoms with E-state index in [2.05, 4.69) is 166 Å². The SMILES string of the molecule is Brc1ccccn1.C.C.CC1(C)OB(c2cc3c4cccc5c6ccccc6n(c3s2)c54)OC1(C)C.c1ccc(-c2cc3c4cccc5c6ccccc6n(c3s2)c54)nc1. The molecule has 1 saturated heterocycles. The minimum absolute atomic E-state index is 0. The van der Waals surface area contributed by atoms with Gasteiger partial charge >= 0.3 is 7.12 Å². The number of para-hydroxylation sites is 4. The molecule has 0 bridgehead atoms. The van der Waals surface area contributed by atoms with Gasteiger partial charge in [0, 0.05) is 60.3 Å². The molecule has 0 amide bonds. The largest absolute Gasteiger partial charge is 0.505 e. The van der Waals surface area contributed by atoms with E-state index in [-0.39, 0.29) is 33.2 Å². The van der Waals surface area contributed by atoms with E-state index in [0.29, 0.717) is 0 Å². The van der Waals surface area contributed by atoms with Crippen LogP contribution in [0.25, 0.3) is 85.4 Å². The van der Waals surface area contributed by atoms with Crippen LogP contribution in [0.1, 0.15) is 42.5 Å². The van der Waals surface area contributed by atoms with Gasteiger partial charge in [0.25, 0.3) is 0 Å². The number of benzene rings is 4. The summed E-state index contributed by atoms with van der Waals surface area (Å²) in [7, 11) is -0.310. The van der Waals surface area contributed by atoms with Crippen LogP contribution in [0.5, 0.6) is 0 Å². The maximum absolute atomic E-state index is 6.30. The molecular weight excluding hydrogens is 843 g/mol. The number of hydrogen-bond donors (Lipinski definition) is 0. The van der Waals surface area contributed by atoms with E-state index in [1.807, 2.05) is 47.9 Å². The second-order valence-corrected chi connectivity index (χ2v) is 18.7. The molecule has 10 heteroatoms. The Morgan fingerprint density at radius 3 is 1.48 bits per heavy atom. The lowest BCUT2D eigenvalue weighted by Gasteiger charge is -2.32. The maximum Gasteiger partial charge on any atom is 0.505 e. The van der Waals surface area contributed by atoms with Gasteiger partial charge in [-0.2, -0.15) is 0 Å². The Morgan fingerprint density at radius 2 is 0.983 bits per heavy atom. The third-order valence-corrected chi connectivity index (χ3v) is 14.6. The molecule has 8 aromatic heterocycles. The van der Waals surface area contributed by atoms with Crippen LogP contribution >= 0.6 is 38.6 Å². The Morgan fingerprint density at radius 1 is 0.517 bits per heavy atom. The number of aromatic nitrogens is 4. The zero-order valence-electron chi connectivity index (χ0n) is 32.2. The predicted octanol–water partition coefficient (Wildman–Crippen LogP) is 14.3. The van der Waals surface area contributed by atoms with Crippen LogP contribution in [-0.2, 0) is 9.31 Å². The van der Waals surface area contributed by atoms with Crippen molar-refractivity contribution in [3.05, 3.63) is 150 Å². The van der Waals surface area contributed by atoms with Crippen molar-refractivity contribution in [2.24, 2.45) is 0 Å². The highest BCUT2D eigenvalue weighted by Crippen LogP contribution is 2.45. The molecule has 12 aromatic rings. The highest BCUT2D eigenvalue weighted by Gasteiger charge is 2.52. The van der Waals surface area contributed by atoms with Crippen LogP contribution in [0.3, 0.4) is 0 Å². The van der Waals surface area contributed by atoms with Gasteiger partial charge in [0.05, 0.1) is 43.8 Å².